The van der Waals surface area contributed by atoms with E-state index in [9.17, 15) is 9.59 Å². The van der Waals surface area contributed by atoms with Crippen molar-refractivity contribution in [1.29, 1.82) is 0 Å². The van der Waals surface area contributed by atoms with Gasteiger partial charge in [0.1, 0.15) is 12.3 Å². The Balaban J connectivity index is 3.02. The Kier molecular flexibility index (Phi) is 5.42. The van der Waals surface area contributed by atoms with Crippen molar-refractivity contribution in [3.63, 3.8) is 0 Å². The van der Waals surface area contributed by atoms with E-state index in [-0.39, 0.29) is 6.54 Å². The molecule has 0 aromatic heterocycles. The van der Waals surface area contributed by atoms with Crippen LogP contribution in [0, 0.1) is 12.3 Å². The minimum atomic E-state index is -1.11. The quantitative estimate of drug-likeness (QED) is 0.782. The molecule has 1 N–H and O–H groups in total. The number of carboxylic acids is 1. The number of ether oxygens (including phenoxy) is 1. The molecular formula is C14H15NO4. The highest BCUT2D eigenvalue weighted by atomic mass is 16.5. The highest BCUT2D eigenvalue weighted by molar-refractivity contribution is 5.98. The maximum absolute atomic E-state index is 12.3. The molecule has 0 unspecified atom stereocenters. The number of carboxylic acid groups (broad SMARTS) is 1. The molecule has 0 spiro atoms. The van der Waals surface area contributed by atoms with Gasteiger partial charge in [0.05, 0.1) is 18.7 Å². The van der Waals surface area contributed by atoms with Crippen LogP contribution in [0.4, 0.5) is 0 Å². The largest absolute Gasteiger partial charge is 0.493 e. The number of terminal acetylenes is 1. The highest BCUT2D eigenvalue weighted by Crippen LogP contribution is 2.19. The van der Waals surface area contributed by atoms with Gasteiger partial charge in [-0.1, -0.05) is 18.1 Å². The zero-order valence-corrected chi connectivity index (χ0v) is 10.6. The molecule has 1 aromatic rings. The summed E-state index contributed by atoms with van der Waals surface area (Å²) in [6.45, 7) is 1.71. The molecule has 0 heterocycles. The first kappa shape index (κ1) is 14.6. The number of aliphatic carboxylic acids is 1. The Morgan fingerprint density at radius 1 is 1.42 bits per heavy atom. The van der Waals surface area contributed by atoms with Crippen molar-refractivity contribution in [2.45, 2.75) is 6.92 Å². The second kappa shape index (κ2) is 7.07. The summed E-state index contributed by atoms with van der Waals surface area (Å²) in [4.78, 5) is 24.1. The fourth-order valence-corrected chi connectivity index (χ4v) is 1.57. The van der Waals surface area contributed by atoms with Crippen molar-refractivity contribution in [3.05, 3.63) is 29.8 Å². The van der Waals surface area contributed by atoms with Crippen molar-refractivity contribution in [3.8, 4) is 18.1 Å². The van der Waals surface area contributed by atoms with Crippen LogP contribution in [-0.4, -0.2) is 41.6 Å². The van der Waals surface area contributed by atoms with Gasteiger partial charge in [-0.3, -0.25) is 9.59 Å². The van der Waals surface area contributed by atoms with E-state index in [1.54, 1.807) is 31.2 Å². The van der Waals surface area contributed by atoms with Gasteiger partial charge >= 0.3 is 5.97 Å². The van der Waals surface area contributed by atoms with Crippen LogP contribution in [0.3, 0.4) is 0 Å². The summed E-state index contributed by atoms with van der Waals surface area (Å²) in [6, 6.07) is 6.67. The Morgan fingerprint density at radius 3 is 2.68 bits per heavy atom. The monoisotopic (exact) mass is 261 g/mol. The predicted molar refractivity (Wildman–Crippen MR) is 70.0 cm³/mol. The van der Waals surface area contributed by atoms with Crippen molar-refractivity contribution in [2.24, 2.45) is 0 Å². The van der Waals surface area contributed by atoms with Gasteiger partial charge in [-0.25, -0.2) is 0 Å². The molecule has 0 saturated heterocycles. The molecule has 19 heavy (non-hydrogen) atoms. The number of nitrogens with zero attached hydrogens (tertiary/aromatic N) is 1. The Bertz CT molecular complexity index is 504. The maximum Gasteiger partial charge on any atom is 0.323 e. The molecular weight excluding hydrogens is 246 g/mol. The third-order valence-electron chi connectivity index (χ3n) is 2.31. The molecule has 100 valence electrons. The van der Waals surface area contributed by atoms with Crippen LogP contribution >= 0.6 is 0 Å². The van der Waals surface area contributed by atoms with Crippen LogP contribution in [0.5, 0.6) is 5.75 Å². The van der Waals surface area contributed by atoms with Gasteiger partial charge in [0.15, 0.2) is 0 Å². The van der Waals surface area contributed by atoms with Crippen molar-refractivity contribution in [2.75, 3.05) is 19.7 Å². The number of amides is 1. The van der Waals surface area contributed by atoms with Gasteiger partial charge in [-0.05, 0) is 19.1 Å². The lowest BCUT2D eigenvalue weighted by Gasteiger charge is -2.19. The zero-order valence-electron chi connectivity index (χ0n) is 10.6. The van der Waals surface area contributed by atoms with Gasteiger partial charge in [0, 0.05) is 0 Å². The maximum atomic E-state index is 12.3. The lowest BCUT2D eigenvalue weighted by atomic mass is 10.1. The average Bonchev–Trinajstić information content (AvgIpc) is 2.38. The standard InChI is InChI=1S/C14H15NO4/c1-3-9-15(10-13(16)17)14(18)11-7-5-6-8-12(11)19-4-2/h1,5-8H,4,9-10H2,2H3,(H,16,17). The lowest BCUT2D eigenvalue weighted by molar-refractivity contribution is -0.137. The number of benzene rings is 1. The average molecular weight is 261 g/mol. The number of para-hydroxylation sites is 1. The van der Waals surface area contributed by atoms with Crippen LogP contribution < -0.4 is 4.74 Å². The summed E-state index contributed by atoms with van der Waals surface area (Å²) in [5, 5.41) is 8.79. The number of rotatable bonds is 6. The van der Waals surface area contributed by atoms with E-state index in [1.807, 2.05) is 0 Å². The molecule has 1 aromatic carbocycles. The molecule has 0 atom stereocenters. The summed E-state index contributed by atoms with van der Waals surface area (Å²) in [5.41, 5.74) is 0.306. The molecule has 0 bridgehead atoms. The summed E-state index contributed by atoms with van der Waals surface area (Å²) >= 11 is 0. The predicted octanol–water partition coefficient (Wildman–Crippen LogP) is 1.25. The molecule has 1 amide bonds. The minimum absolute atomic E-state index is 0.0639. The van der Waals surface area contributed by atoms with Crippen LogP contribution in [0.15, 0.2) is 24.3 Å². The molecule has 0 saturated carbocycles. The van der Waals surface area contributed by atoms with Crippen molar-refractivity contribution >= 4 is 11.9 Å². The van der Waals surface area contributed by atoms with E-state index in [2.05, 4.69) is 5.92 Å². The molecule has 0 radical (unpaired) electrons. The smallest absolute Gasteiger partial charge is 0.323 e. The van der Waals surface area contributed by atoms with Crippen LogP contribution in [0.1, 0.15) is 17.3 Å². The SMILES string of the molecule is C#CCN(CC(=O)O)C(=O)c1ccccc1OCC. The van der Waals surface area contributed by atoms with Crippen molar-refractivity contribution in [1.82, 2.24) is 4.90 Å². The van der Waals surface area contributed by atoms with E-state index in [1.165, 1.54) is 0 Å². The summed E-state index contributed by atoms with van der Waals surface area (Å²) in [5.74, 6) is 1.13. The second-order valence-corrected chi connectivity index (χ2v) is 3.69. The van der Waals surface area contributed by atoms with Gasteiger partial charge < -0.3 is 14.7 Å². The molecule has 5 nitrogen and oxygen atoms in total. The van der Waals surface area contributed by atoms with Crippen molar-refractivity contribution < 1.29 is 19.4 Å². The topological polar surface area (TPSA) is 66.8 Å². The van der Waals surface area contributed by atoms with Gasteiger partial charge in [-0.15, -0.1) is 6.42 Å². The fourth-order valence-electron chi connectivity index (χ4n) is 1.57. The van der Waals surface area contributed by atoms with Gasteiger partial charge in [-0.2, -0.15) is 0 Å². The third kappa shape index (κ3) is 4.03. The molecule has 0 aliphatic carbocycles. The van der Waals surface area contributed by atoms with Gasteiger partial charge in [0.2, 0.25) is 0 Å². The van der Waals surface area contributed by atoms with Crippen LogP contribution in [0.2, 0.25) is 0 Å². The molecule has 1 rings (SSSR count). The molecule has 0 aliphatic heterocycles. The normalized spacial score (nSPS) is 9.47. The van der Waals surface area contributed by atoms with E-state index in [0.29, 0.717) is 17.9 Å². The number of carbonyl (C=O) groups excluding carboxylic acids is 1. The number of hydrogen-bond donors (Lipinski definition) is 1. The molecule has 5 heteroatoms. The summed E-state index contributed by atoms with van der Waals surface area (Å²) in [7, 11) is 0. The zero-order chi connectivity index (χ0) is 14.3. The van der Waals surface area contributed by atoms with Crippen LogP contribution in [0.25, 0.3) is 0 Å². The third-order valence-corrected chi connectivity index (χ3v) is 2.31. The number of hydrogen-bond acceptors (Lipinski definition) is 3. The first-order chi connectivity index (χ1) is 9.10. The first-order valence-corrected chi connectivity index (χ1v) is 5.76. The summed E-state index contributed by atoms with van der Waals surface area (Å²) in [6.07, 6.45) is 5.15. The number of carbonyl (C=O) groups is 2. The van der Waals surface area contributed by atoms with E-state index in [0.717, 1.165) is 4.90 Å². The highest BCUT2D eigenvalue weighted by Gasteiger charge is 2.20. The van der Waals surface area contributed by atoms with E-state index in [4.69, 9.17) is 16.3 Å². The minimum Gasteiger partial charge on any atom is -0.493 e. The van der Waals surface area contributed by atoms with E-state index >= 15 is 0 Å². The Morgan fingerprint density at radius 2 is 2.11 bits per heavy atom. The molecule has 0 aliphatic rings. The van der Waals surface area contributed by atoms with Crippen LogP contribution in [-0.2, 0) is 4.79 Å². The van der Waals surface area contributed by atoms with E-state index < -0.39 is 18.4 Å². The van der Waals surface area contributed by atoms with Gasteiger partial charge in [0.25, 0.3) is 5.91 Å². The lowest BCUT2D eigenvalue weighted by Crippen LogP contribution is -2.36. The fraction of sp³-hybridized carbons (Fsp3) is 0.286. The Labute approximate surface area is 111 Å². The Hall–Kier alpha value is -2.48. The second-order valence-electron chi connectivity index (χ2n) is 3.69. The summed E-state index contributed by atoms with van der Waals surface area (Å²) < 4.78 is 5.34. The molecule has 0 fully saturated rings. The first-order valence-electron chi connectivity index (χ1n) is 5.76.